The van der Waals surface area contributed by atoms with Gasteiger partial charge in [0.2, 0.25) is 5.91 Å². The third kappa shape index (κ3) is 7.36. The van der Waals surface area contributed by atoms with E-state index in [1.165, 1.54) is 0 Å². The highest BCUT2D eigenvalue weighted by Crippen LogP contribution is 2.38. The molecule has 0 aromatic heterocycles. The summed E-state index contributed by atoms with van der Waals surface area (Å²) in [7, 11) is 1.98. The average Bonchev–Trinajstić information content (AvgIpc) is 3.17. The summed E-state index contributed by atoms with van der Waals surface area (Å²) in [5, 5.41) is 29.8. The fraction of sp³-hybridized carbons (Fsp3) is 0.696. The monoisotopic (exact) mass is 479 g/mol. The zero-order chi connectivity index (χ0) is 24.7. The molecule has 11 nitrogen and oxygen atoms in total. The minimum Gasteiger partial charge on any atom is -0.489 e. The number of carbonyl (C=O) groups excluding carboxylic acids is 1. The molecular formula is C23H37N5O6. The second kappa shape index (κ2) is 11.6. The Kier molecular flexibility index (Phi) is 8.78. The van der Waals surface area contributed by atoms with Crippen molar-refractivity contribution < 1.29 is 24.6 Å². The molecule has 2 aliphatic rings. The van der Waals surface area contributed by atoms with Crippen molar-refractivity contribution in [2.75, 3.05) is 43.6 Å². The number of carbonyl (C=O) groups is 1. The lowest BCUT2D eigenvalue weighted by Gasteiger charge is -2.31. The van der Waals surface area contributed by atoms with Crippen LogP contribution in [0.4, 0.5) is 11.4 Å². The van der Waals surface area contributed by atoms with Gasteiger partial charge in [0.15, 0.2) is 0 Å². The molecule has 0 saturated heterocycles. The van der Waals surface area contributed by atoms with Crippen LogP contribution in [0.1, 0.15) is 46.0 Å². The van der Waals surface area contributed by atoms with Crippen LogP contribution in [0.2, 0.25) is 0 Å². The van der Waals surface area contributed by atoms with Gasteiger partial charge in [-0.3, -0.25) is 4.79 Å². The summed E-state index contributed by atoms with van der Waals surface area (Å²) in [6, 6.07) is 5.79. The molecule has 1 saturated carbocycles. The van der Waals surface area contributed by atoms with Gasteiger partial charge in [-0.1, -0.05) is 18.9 Å². The lowest BCUT2D eigenvalue weighted by molar-refractivity contribution is -0.771. The number of para-hydroxylation sites is 1. The van der Waals surface area contributed by atoms with E-state index in [0.29, 0.717) is 26.2 Å². The molecule has 1 heterocycles. The molecule has 0 bridgehead atoms. The van der Waals surface area contributed by atoms with Crippen LogP contribution in [0.15, 0.2) is 18.2 Å². The first-order valence-corrected chi connectivity index (χ1v) is 11.9. The van der Waals surface area contributed by atoms with Crippen LogP contribution in [0.25, 0.3) is 0 Å². The minimum absolute atomic E-state index is 0.138. The van der Waals surface area contributed by atoms with E-state index in [0.717, 1.165) is 36.4 Å². The zero-order valence-corrected chi connectivity index (χ0v) is 20.2. The van der Waals surface area contributed by atoms with Crippen molar-refractivity contribution in [1.29, 1.82) is 0 Å². The van der Waals surface area contributed by atoms with E-state index in [4.69, 9.17) is 9.57 Å². The van der Waals surface area contributed by atoms with Crippen LogP contribution < -0.4 is 25.6 Å². The van der Waals surface area contributed by atoms with Crippen LogP contribution in [-0.2, 0) is 9.63 Å². The number of aliphatic hydroxyl groups excluding tert-OH is 1. The second-order valence-corrected chi connectivity index (χ2v) is 9.81. The molecule has 1 aliphatic carbocycles. The summed E-state index contributed by atoms with van der Waals surface area (Å²) in [6.45, 7) is 5.38. The van der Waals surface area contributed by atoms with Crippen molar-refractivity contribution in [3.63, 3.8) is 0 Å². The summed E-state index contributed by atoms with van der Waals surface area (Å²) in [5.41, 5.74) is 1.53. The molecular weight excluding hydrogens is 442 g/mol. The van der Waals surface area contributed by atoms with E-state index in [-0.39, 0.29) is 24.9 Å². The Balaban J connectivity index is 1.39. The summed E-state index contributed by atoms with van der Waals surface area (Å²) in [5.74, 6) is 0.416. The van der Waals surface area contributed by atoms with Gasteiger partial charge in [0.05, 0.1) is 12.4 Å². The highest BCUT2D eigenvalue weighted by Gasteiger charge is 2.30. The Morgan fingerprint density at radius 1 is 1.38 bits per heavy atom. The normalized spacial score (nSPS) is 20.8. The topological polar surface area (TPSA) is 138 Å². The largest absolute Gasteiger partial charge is 0.489 e. The Bertz CT molecular complexity index is 851. The van der Waals surface area contributed by atoms with Crippen molar-refractivity contribution in [3.8, 4) is 5.75 Å². The predicted octanol–water partition coefficient (Wildman–Crippen LogP) is 1.89. The van der Waals surface area contributed by atoms with Gasteiger partial charge in [0, 0.05) is 32.1 Å². The highest BCUT2D eigenvalue weighted by atomic mass is 17.0. The fourth-order valence-corrected chi connectivity index (χ4v) is 4.45. The number of amides is 1. The maximum atomic E-state index is 12.5. The standard InChI is InChI=1S/C23H37N5O6/c1-23(2,14-24-21(30)11-16-7-4-5-9-19(16)34-28(31)32)26-12-17(29)13-33-20-10-6-8-18-22(20)27(3)15-25-18/h6,8,10,16-17,19,25-26,29H,4-5,7,9,11-15H2,1-3H3,(H,24,30). The van der Waals surface area contributed by atoms with E-state index in [1.807, 2.05) is 39.1 Å². The number of ether oxygens (including phenoxy) is 1. The Labute approximate surface area is 200 Å². The Morgan fingerprint density at radius 3 is 2.91 bits per heavy atom. The molecule has 1 amide bonds. The van der Waals surface area contributed by atoms with Gasteiger partial charge in [0.25, 0.3) is 5.09 Å². The number of fused-ring (bicyclic) bond motifs is 1. The molecule has 1 fully saturated rings. The third-order valence-corrected chi connectivity index (χ3v) is 6.37. The van der Waals surface area contributed by atoms with E-state index >= 15 is 0 Å². The van der Waals surface area contributed by atoms with Gasteiger partial charge in [-0.2, -0.15) is 0 Å². The van der Waals surface area contributed by atoms with Crippen LogP contribution in [0, 0.1) is 16.0 Å². The molecule has 0 spiro atoms. The number of nitrogens with one attached hydrogen (secondary N) is 3. The fourth-order valence-electron chi connectivity index (χ4n) is 4.45. The molecule has 11 heteroatoms. The SMILES string of the molecule is CN1CNc2cccc(OCC(O)CNC(C)(C)CNC(=O)CC3CCCCC3O[N+](=O)[O-])c21. The lowest BCUT2D eigenvalue weighted by atomic mass is 9.84. The van der Waals surface area contributed by atoms with Crippen molar-refractivity contribution >= 4 is 17.3 Å². The van der Waals surface area contributed by atoms with Crippen molar-refractivity contribution in [1.82, 2.24) is 10.6 Å². The van der Waals surface area contributed by atoms with Gasteiger partial charge >= 0.3 is 0 Å². The minimum atomic E-state index is -0.761. The maximum absolute atomic E-state index is 12.5. The first kappa shape index (κ1) is 25.8. The number of nitrogens with zero attached hydrogens (tertiary/aromatic N) is 2. The van der Waals surface area contributed by atoms with Crippen LogP contribution >= 0.6 is 0 Å². The van der Waals surface area contributed by atoms with Crippen molar-refractivity contribution in [3.05, 3.63) is 28.3 Å². The number of anilines is 2. The molecule has 4 N–H and O–H groups in total. The lowest BCUT2D eigenvalue weighted by Crippen LogP contribution is -2.52. The van der Waals surface area contributed by atoms with Gasteiger partial charge < -0.3 is 35.5 Å². The van der Waals surface area contributed by atoms with Crippen LogP contribution in [0.3, 0.4) is 0 Å². The molecule has 1 aromatic carbocycles. The molecule has 3 atom stereocenters. The van der Waals surface area contributed by atoms with Crippen LogP contribution in [-0.4, -0.2) is 67.3 Å². The highest BCUT2D eigenvalue weighted by molar-refractivity contribution is 5.80. The molecule has 1 aliphatic heterocycles. The number of hydrogen-bond acceptors (Lipinski definition) is 9. The first-order chi connectivity index (χ1) is 16.1. The number of rotatable bonds is 12. The predicted molar refractivity (Wildman–Crippen MR) is 128 cm³/mol. The third-order valence-electron chi connectivity index (χ3n) is 6.37. The van der Waals surface area contributed by atoms with Gasteiger partial charge in [0.1, 0.15) is 30.3 Å². The smallest absolute Gasteiger partial charge is 0.294 e. The number of β-amino-alcohol motifs (C(OH)–C–C–N with tert-alkyl or cyclic N) is 1. The molecule has 3 unspecified atom stereocenters. The summed E-state index contributed by atoms with van der Waals surface area (Å²) in [4.78, 5) is 30.0. The number of benzene rings is 1. The van der Waals surface area contributed by atoms with Crippen LogP contribution in [0.5, 0.6) is 5.75 Å². The maximum Gasteiger partial charge on any atom is 0.294 e. The first-order valence-electron chi connectivity index (χ1n) is 11.9. The van der Waals surface area contributed by atoms with E-state index in [1.54, 1.807) is 0 Å². The van der Waals surface area contributed by atoms with E-state index in [9.17, 15) is 20.0 Å². The second-order valence-electron chi connectivity index (χ2n) is 9.81. The van der Waals surface area contributed by atoms with Crippen molar-refractivity contribution in [2.24, 2.45) is 5.92 Å². The summed E-state index contributed by atoms with van der Waals surface area (Å²) < 4.78 is 5.87. The summed E-state index contributed by atoms with van der Waals surface area (Å²) in [6.07, 6.45) is 2.13. The summed E-state index contributed by atoms with van der Waals surface area (Å²) >= 11 is 0. The Morgan fingerprint density at radius 2 is 2.15 bits per heavy atom. The van der Waals surface area contributed by atoms with Gasteiger partial charge in [-0.25, -0.2) is 0 Å². The average molecular weight is 480 g/mol. The molecule has 190 valence electrons. The van der Waals surface area contributed by atoms with Crippen molar-refractivity contribution in [2.45, 2.75) is 63.7 Å². The van der Waals surface area contributed by atoms with E-state index < -0.39 is 22.8 Å². The number of aliphatic hydroxyl groups is 1. The van der Waals surface area contributed by atoms with Gasteiger partial charge in [-0.15, -0.1) is 10.1 Å². The molecule has 34 heavy (non-hydrogen) atoms. The molecule has 3 rings (SSSR count). The molecule has 1 aromatic rings. The quantitative estimate of drug-likeness (QED) is 0.261. The number of hydrogen-bond donors (Lipinski definition) is 4. The van der Waals surface area contributed by atoms with Gasteiger partial charge in [-0.05, 0) is 44.7 Å². The zero-order valence-electron chi connectivity index (χ0n) is 20.2. The van der Waals surface area contributed by atoms with E-state index in [2.05, 4.69) is 20.9 Å². The Hall–Kier alpha value is -2.79. The molecule has 0 radical (unpaired) electrons.